The second kappa shape index (κ2) is 9.45. The largest absolute Gasteiger partial charge is 0.573 e. The highest BCUT2D eigenvalue weighted by Crippen LogP contribution is 2.37. The van der Waals surface area contributed by atoms with Gasteiger partial charge in [0.15, 0.2) is 11.5 Å². The Morgan fingerprint density at radius 3 is 2.37 bits per heavy atom. The maximum absolute atomic E-state index is 12.3. The summed E-state index contributed by atoms with van der Waals surface area (Å²) >= 11 is 5.79. The van der Waals surface area contributed by atoms with Crippen molar-refractivity contribution in [1.82, 2.24) is 0 Å². The minimum Gasteiger partial charge on any atom is -0.490 e. The zero-order chi connectivity index (χ0) is 19.9. The summed E-state index contributed by atoms with van der Waals surface area (Å²) in [5.41, 5.74) is 0.342. The predicted octanol–water partition coefficient (Wildman–Crippen LogP) is 5.97. The summed E-state index contributed by atoms with van der Waals surface area (Å²) in [4.78, 5) is 10.9. The summed E-state index contributed by atoms with van der Waals surface area (Å²) < 4.78 is 63.9. The minimum absolute atomic E-state index is 0.141. The molecule has 146 valence electrons. The average Bonchev–Trinajstić information content (AvgIpc) is 2.61. The fraction of sp³-hybridized carbons (Fsp3) is 0.278. The zero-order valence-electron chi connectivity index (χ0n) is 13.9. The molecule has 0 aliphatic heterocycles. The molecule has 0 unspecified atom stereocenters. The number of ether oxygens (including phenoxy) is 3. The molecule has 0 radical (unpaired) electrons. The van der Waals surface area contributed by atoms with Gasteiger partial charge >= 0.3 is 6.36 Å². The van der Waals surface area contributed by atoms with Gasteiger partial charge in [0.2, 0.25) is 0 Å². The van der Waals surface area contributed by atoms with Crippen molar-refractivity contribution in [1.29, 1.82) is 0 Å². The van der Waals surface area contributed by atoms with E-state index in [1.165, 1.54) is 24.3 Å². The van der Waals surface area contributed by atoms with Crippen LogP contribution in [0.25, 0.3) is 0 Å². The van der Waals surface area contributed by atoms with E-state index in [1.807, 2.05) is 0 Å². The van der Waals surface area contributed by atoms with Gasteiger partial charge in [0.1, 0.15) is 17.8 Å². The first-order valence-corrected chi connectivity index (χ1v) is 8.21. The summed E-state index contributed by atoms with van der Waals surface area (Å²) in [6.45, 7) is -0.256. The van der Waals surface area contributed by atoms with Gasteiger partial charge in [0, 0.05) is 11.6 Å². The number of halogens is 5. The number of rotatable bonds is 9. The van der Waals surface area contributed by atoms with Gasteiger partial charge in [-0.25, -0.2) is 0 Å². The molecule has 2 aromatic carbocycles. The Morgan fingerprint density at radius 2 is 1.74 bits per heavy atom. The van der Waals surface area contributed by atoms with Gasteiger partial charge in [-0.1, -0.05) is 11.6 Å². The van der Waals surface area contributed by atoms with Gasteiger partial charge in [-0.3, -0.25) is 9.18 Å². The lowest BCUT2D eigenvalue weighted by atomic mass is 10.2. The molecule has 0 saturated heterocycles. The Balaban J connectivity index is 2.18. The molecule has 0 amide bonds. The van der Waals surface area contributed by atoms with Gasteiger partial charge in [0.25, 0.3) is 0 Å². The first-order valence-electron chi connectivity index (χ1n) is 7.83. The van der Waals surface area contributed by atoms with E-state index in [0.29, 0.717) is 24.7 Å². The molecule has 0 heterocycles. The van der Waals surface area contributed by atoms with Crippen LogP contribution < -0.4 is 14.2 Å². The summed E-state index contributed by atoms with van der Waals surface area (Å²) in [5, 5.41) is -0.292. The maximum Gasteiger partial charge on any atom is 0.573 e. The van der Waals surface area contributed by atoms with Crippen molar-refractivity contribution < 1.29 is 36.6 Å². The summed E-state index contributed by atoms with van der Waals surface area (Å²) in [6, 6.07) is 7.83. The zero-order valence-corrected chi connectivity index (χ0v) is 14.6. The predicted molar refractivity (Wildman–Crippen MR) is 90.7 cm³/mol. The van der Waals surface area contributed by atoms with Crippen molar-refractivity contribution in [3.8, 4) is 23.0 Å². The molecule has 0 fully saturated rings. The van der Waals surface area contributed by atoms with Crippen molar-refractivity contribution in [2.24, 2.45) is 0 Å². The highest BCUT2D eigenvalue weighted by Gasteiger charge is 2.32. The molecule has 2 rings (SSSR count). The van der Waals surface area contributed by atoms with Crippen LogP contribution in [0.2, 0.25) is 5.02 Å². The van der Waals surface area contributed by atoms with Crippen molar-refractivity contribution in [2.75, 3.05) is 13.3 Å². The van der Waals surface area contributed by atoms with Crippen LogP contribution in [0.15, 0.2) is 36.4 Å². The number of hydrogen-bond acceptors (Lipinski definition) is 4. The van der Waals surface area contributed by atoms with Crippen molar-refractivity contribution >= 4 is 17.9 Å². The van der Waals surface area contributed by atoms with Crippen molar-refractivity contribution in [3.05, 3.63) is 47.0 Å². The average molecular weight is 407 g/mol. The lowest BCUT2D eigenvalue weighted by Gasteiger charge is -2.14. The molecule has 9 heteroatoms. The van der Waals surface area contributed by atoms with Crippen molar-refractivity contribution in [3.63, 3.8) is 0 Å². The van der Waals surface area contributed by atoms with E-state index in [9.17, 15) is 22.4 Å². The number of benzene rings is 2. The fourth-order valence-electron chi connectivity index (χ4n) is 2.05. The molecule has 0 spiro atoms. The van der Waals surface area contributed by atoms with Gasteiger partial charge in [-0.05, 0) is 43.2 Å². The Bertz CT molecular complexity index is 780. The van der Waals surface area contributed by atoms with Crippen LogP contribution in [0, 0.1) is 0 Å². The van der Waals surface area contributed by atoms with Crippen LogP contribution in [0.5, 0.6) is 23.0 Å². The fourth-order valence-corrected chi connectivity index (χ4v) is 2.26. The van der Waals surface area contributed by atoms with Crippen LogP contribution in [0.1, 0.15) is 23.2 Å². The van der Waals surface area contributed by atoms with E-state index in [2.05, 4.69) is 4.74 Å². The smallest absolute Gasteiger partial charge is 0.490 e. The van der Waals surface area contributed by atoms with E-state index < -0.39 is 18.8 Å². The van der Waals surface area contributed by atoms with Crippen LogP contribution in [-0.4, -0.2) is 25.9 Å². The molecule has 0 aliphatic rings. The van der Waals surface area contributed by atoms with Crippen LogP contribution in [0.3, 0.4) is 0 Å². The van der Waals surface area contributed by atoms with E-state index in [4.69, 9.17) is 21.1 Å². The van der Waals surface area contributed by atoms with Crippen LogP contribution in [-0.2, 0) is 0 Å². The second-order valence-corrected chi connectivity index (χ2v) is 5.72. The monoisotopic (exact) mass is 406 g/mol. The number of carbonyl (C=O) groups is 1. The second-order valence-electron chi connectivity index (χ2n) is 5.31. The summed E-state index contributed by atoms with van der Waals surface area (Å²) in [7, 11) is 0. The van der Waals surface area contributed by atoms with Crippen LogP contribution >= 0.6 is 11.6 Å². The number of unbranched alkanes of at least 4 members (excludes halogenated alkanes) is 1. The molecule has 0 aliphatic carbocycles. The number of alkyl halides is 4. The molecule has 0 N–H and O–H groups in total. The number of hydrogen-bond donors (Lipinski definition) is 0. The normalized spacial score (nSPS) is 11.1. The highest BCUT2D eigenvalue weighted by molar-refractivity contribution is 6.32. The number of carbonyl (C=O) groups excluding carboxylic acids is 1. The molecule has 0 atom stereocenters. The topological polar surface area (TPSA) is 44.8 Å². The third kappa shape index (κ3) is 6.63. The lowest BCUT2D eigenvalue weighted by Crippen LogP contribution is -2.17. The maximum atomic E-state index is 12.3. The lowest BCUT2D eigenvalue weighted by molar-refractivity contribution is -0.274. The SMILES string of the molecule is O=Cc1ccc(Oc2ccc(OC(F)(F)F)c(Cl)c2)c(OCCCCF)c1. The van der Waals surface area contributed by atoms with Crippen molar-refractivity contribution in [2.45, 2.75) is 19.2 Å². The summed E-state index contributed by atoms with van der Waals surface area (Å²) in [5.74, 6) is 0.0455. The number of aldehydes is 1. The Morgan fingerprint density at radius 1 is 1.00 bits per heavy atom. The molecule has 4 nitrogen and oxygen atoms in total. The highest BCUT2D eigenvalue weighted by atomic mass is 35.5. The molecular weight excluding hydrogens is 392 g/mol. The minimum atomic E-state index is -4.86. The third-order valence-corrected chi connectivity index (χ3v) is 3.54. The van der Waals surface area contributed by atoms with Crippen LogP contribution in [0.4, 0.5) is 17.6 Å². The Hall–Kier alpha value is -2.48. The Kier molecular flexibility index (Phi) is 7.29. The summed E-state index contributed by atoms with van der Waals surface area (Å²) in [6.07, 6.45) is -3.44. The van der Waals surface area contributed by atoms with Gasteiger partial charge < -0.3 is 14.2 Å². The quantitative estimate of drug-likeness (QED) is 0.292. The molecule has 0 bridgehead atoms. The first kappa shape index (κ1) is 20.8. The molecule has 0 saturated carbocycles. The molecule has 2 aromatic rings. The molecule has 27 heavy (non-hydrogen) atoms. The van der Waals surface area contributed by atoms with E-state index >= 15 is 0 Å². The molecule has 0 aromatic heterocycles. The standard InChI is InChI=1S/C18H15ClF4O4/c19-14-10-13(4-6-15(14)27-18(21,22)23)26-16-5-3-12(11-24)9-17(16)25-8-2-1-7-20/h3-6,9-11H,1-2,7-8H2. The van der Waals surface area contributed by atoms with E-state index in [0.717, 1.165) is 12.1 Å². The first-order chi connectivity index (χ1) is 12.8. The van der Waals surface area contributed by atoms with E-state index in [1.54, 1.807) is 0 Å². The van der Waals surface area contributed by atoms with Gasteiger partial charge in [-0.15, -0.1) is 13.2 Å². The third-order valence-electron chi connectivity index (χ3n) is 3.25. The Labute approximate surface area is 157 Å². The van der Waals surface area contributed by atoms with E-state index in [-0.39, 0.29) is 28.9 Å². The van der Waals surface area contributed by atoms with Gasteiger partial charge in [0.05, 0.1) is 18.3 Å². The van der Waals surface area contributed by atoms with Gasteiger partial charge in [-0.2, -0.15) is 0 Å². The molecular formula is C18H15ClF4O4.